The lowest BCUT2D eigenvalue weighted by molar-refractivity contribution is -0.128. The van der Waals surface area contributed by atoms with E-state index in [1.54, 1.807) is 25.7 Å². The third-order valence-corrected chi connectivity index (χ3v) is 6.39. The molecule has 4 atom stereocenters. The number of hydrogen-bond acceptors (Lipinski definition) is 7. The third-order valence-electron chi connectivity index (χ3n) is 6.39. The van der Waals surface area contributed by atoms with Crippen molar-refractivity contribution in [1.82, 2.24) is 20.2 Å². The molecule has 9 heteroatoms. The second-order valence-corrected chi connectivity index (χ2v) is 10.0. The molecule has 1 saturated heterocycles. The Morgan fingerprint density at radius 2 is 1.91 bits per heavy atom. The number of nitrogens with one attached hydrogen (secondary N) is 1. The van der Waals surface area contributed by atoms with Crippen LogP contribution in [-0.2, 0) is 16.0 Å². The molecule has 1 N–H and O–H groups in total. The van der Waals surface area contributed by atoms with E-state index < -0.39 is 23.8 Å². The summed E-state index contributed by atoms with van der Waals surface area (Å²) >= 11 is 0. The topological polar surface area (TPSA) is 132 Å². The quantitative estimate of drug-likeness (QED) is 0.706. The first-order valence-corrected chi connectivity index (χ1v) is 11.7. The van der Waals surface area contributed by atoms with Crippen LogP contribution < -0.4 is 5.32 Å². The molecule has 2 amide bonds. The largest absolute Gasteiger partial charge is 0.444 e. The molecule has 4 rings (SSSR count). The first kappa shape index (κ1) is 24.2. The second-order valence-electron chi connectivity index (χ2n) is 10.0. The number of carbonyl (C=O) groups excluding carboxylic acids is 2. The van der Waals surface area contributed by atoms with Crippen molar-refractivity contribution in [2.24, 2.45) is 5.92 Å². The van der Waals surface area contributed by atoms with Crippen LogP contribution in [0.3, 0.4) is 0 Å². The van der Waals surface area contributed by atoms with Gasteiger partial charge in [-0.2, -0.15) is 10.5 Å². The molecule has 1 aromatic carbocycles. The van der Waals surface area contributed by atoms with Crippen molar-refractivity contribution in [1.29, 1.82) is 10.5 Å². The summed E-state index contributed by atoms with van der Waals surface area (Å²) in [5, 5.41) is 21.4. The maximum absolute atomic E-state index is 13.2. The van der Waals surface area contributed by atoms with Crippen LogP contribution in [0, 0.1) is 28.6 Å². The zero-order valence-electron chi connectivity index (χ0n) is 20.1. The zero-order chi connectivity index (χ0) is 25.2. The molecular weight excluding hydrogens is 444 g/mol. The lowest BCUT2D eigenvalue weighted by Crippen LogP contribution is -2.55. The van der Waals surface area contributed by atoms with Gasteiger partial charge in [-0.1, -0.05) is 24.3 Å². The van der Waals surface area contributed by atoms with Crippen LogP contribution in [0.1, 0.15) is 51.3 Å². The minimum absolute atomic E-state index is 0.00371. The van der Waals surface area contributed by atoms with E-state index >= 15 is 0 Å². The Hall–Kier alpha value is -3.98. The monoisotopic (exact) mass is 472 g/mol. The van der Waals surface area contributed by atoms with E-state index in [9.17, 15) is 14.9 Å². The Bertz CT molecular complexity index is 1170. The Labute approximate surface area is 204 Å². The molecule has 4 unspecified atom stereocenters. The average Bonchev–Trinajstić information content (AvgIpc) is 3.45. The van der Waals surface area contributed by atoms with E-state index in [2.05, 4.69) is 21.4 Å². The maximum Gasteiger partial charge on any atom is 0.411 e. The summed E-state index contributed by atoms with van der Waals surface area (Å²) in [6.07, 6.45) is 5.35. The number of ether oxygens (including phenoxy) is 1. The van der Waals surface area contributed by atoms with Crippen molar-refractivity contribution in [3.8, 4) is 23.4 Å². The number of piperidine rings is 1. The molecule has 35 heavy (non-hydrogen) atoms. The highest BCUT2D eigenvalue weighted by Gasteiger charge is 2.52. The van der Waals surface area contributed by atoms with Crippen molar-refractivity contribution in [2.75, 3.05) is 0 Å². The smallest absolute Gasteiger partial charge is 0.411 e. The van der Waals surface area contributed by atoms with Gasteiger partial charge in [0.25, 0.3) is 0 Å². The second kappa shape index (κ2) is 9.71. The van der Waals surface area contributed by atoms with Crippen LogP contribution >= 0.6 is 0 Å². The van der Waals surface area contributed by atoms with Crippen LogP contribution in [0.15, 0.2) is 36.7 Å². The fraction of sp³-hybridized carbons (Fsp3) is 0.462. The summed E-state index contributed by atoms with van der Waals surface area (Å²) in [5.74, 6) is -0.223. The number of hydrogen-bond donors (Lipinski definition) is 1. The fourth-order valence-corrected chi connectivity index (χ4v) is 4.87. The van der Waals surface area contributed by atoms with Gasteiger partial charge in [0.15, 0.2) is 5.69 Å². The highest BCUT2D eigenvalue weighted by atomic mass is 16.6. The Kier molecular flexibility index (Phi) is 6.70. The number of nitriles is 2. The van der Waals surface area contributed by atoms with Gasteiger partial charge in [0.05, 0.1) is 24.2 Å². The van der Waals surface area contributed by atoms with E-state index in [0.717, 1.165) is 30.4 Å². The molecule has 2 heterocycles. The zero-order valence-corrected chi connectivity index (χ0v) is 20.1. The van der Waals surface area contributed by atoms with Gasteiger partial charge in [-0.15, -0.1) is 0 Å². The lowest BCUT2D eigenvalue weighted by Gasteiger charge is -2.35. The average molecular weight is 473 g/mol. The summed E-state index contributed by atoms with van der Waals surface area (Å²) in [7, 11) is 0. The molecule has 1 aromatic heterocycles. The van der Waals surface area contributed by atoms with Crippen LogP contribution in [-0.4, -0.2) is 50.6 Å². The van der Waals surface area contributed by atoms with Crippen LogP contribution in [0.5, 0.6) is 0 Å². The molecule has 0 spiro atoms. The molecule has 2 aliphatic rings. The highest BCUT2D eigenvalue weighted by molar-refractivity contribution is 5.87. The molecule has 9 nitrogen and oxygen atoms in total. The number of aromatic nitrogens is 2. The van der Waals surface area contributed by atoms with Gasteiger partial charge in [-0.25, -0.2) is 9.78 Å². The number of fused-ring (bicyclic) bond motifs is 2. The minimum Gasteiger partial charge on any atom is -0.444 e. The summed E-state index contributed by atoms with van der Waals surface area (Å²) in [6.45, 7) is 5.41. The summed E-state index contributed by atoms with van der Waals surface area (Å²) in [6, 6.07) is 10.2. The Morgan fingerprint density at radius 1 is 1.17 bits per heavy atom. The lowest BCUT2D eigenvalue weighted by atomic mass is 9.97. The minimum atomic E-state index is -0.734. The van der Waals surface area contributed by atoms with Gasteiger partial charge in [0.2, 0.25) is 5.91 Å². The van der Waals surface area contributed by atoms with Crippen molar-refractivity contribution in [2.45, 2.75) is 70.2 Å². The number of rotatable bonds is 5. The summed E-state index contributed by atoms with van der Waals surface area (Å²) < 4.78 is 5.56. The number of amides is 2. The van der Waals surface area contributed by atoms with Crippen molar-refractivity contribution in [3.63, 3.8) is 0 Å². The van der Waals surface area contributed by atoms with E-state index in [1.165, 1.54) is 12.4 Å². The van der Waals surface area contributed by atoms with Gasteiger partial charge in [0, 0.05) is 18.0 Å². The van der Waals surface area contributed by atoms with E-state index in [0.29, 0.717) is 12.1 Å². The molecule has 0 radical (unpaired) electrons. The van der Waals surface area contributed by atoms with Crippen LogP contribution in [0.25, 0.3) is 11.3 Å². The molecule has 2 fully saturated rings. The molecule has 1 saturated carbocycles. The van der Waals surface area contributed by atoms with Gasteiger partial charge in [0.1, 0.15) is 23.8 Å². The SMILES string of the molecule is CC(C)(C)OC(=O)N1C2CCC(C2)C1C(=O)NC(C#N)Cc1ccc(-c2cnc(C#N)cn2)cc1. The summed E-state index contributed by atoms with van der Waals surface area (Å²) in [4.78, 5) is 35.9. The third kappa shape index (κ3) is 5.41. The first-order valence-electron chi connectivity index (χ1n) is 11.7. The molecule has 2 aromatic rings. The Balaban J connectivity index is 1.41. The number of benzene rings is 1. The highest BCUT2D eigenvalue weighted by Crippen LogP contribution is 2.43. The fourth-order valence-electron chi connectivity index (χ4n) is 4.87. The maximum atomic E-state index is 13.2. The predicted octanol–water partition coefficient (Wildman–Crippen LogP) is 3.35. The van der Waals surface area contributed by atoms with Gasteiger partial charge < -0.3 is 10.1 Å². The molecular formula is C26H28N6O3. The van der Waals surface area contributed by atoms with E-state index in [1.807, 2.05) is 30.3 Å². The normalized spacial score (nSPS) is 21.6. The standard InChI is InChI=1S/C26H28N6O3/c1-26(2,3)35-25(34)32-21-9-8-18(11-21)23(32)24(33)31-19(12-27)10-16-4-6-17(7-5-16)22-15-29-20(13-28)14-30-22/h4-7,14-15,18-19,21,23H,8-11H2,1-3H3,(H,31,33). The predicted molar refractivity (Wildman–Crippen MR) is 126 cm³/mol. The first-order chi connectivity index (χ1) is 16.7. The number of likely N-dealkylation sites (tertiary alicyclic amines) is 1. The number of carbonyl (C=O) groups is 2. The molecule has 2 bridgehead atoms. The van der Waals surface area contributed by atoms with Gasteiger partial charge in [-0.05, 0) is 51.5 Å². The number of nitrogens with zero attached hydrogens (tertiary/aromatic N) is 5. The van der Waals surface area contributed by atoms with Crippen molar-refractivity contribution in [3.05, 3.63) is 47.9 Å². The molecule has 1 aliphatic heterocycles. The van der Waals surface area contributed by atoms with Gasteiger partial charge in [-0.3, -0.25) is 14.7 Å². The van der Waals surface area contributed by atoms with Crippen molar-refractivity contribution < 1.29 is 14.3 Å². The molecule has 180 valence electrons. The van der Waals surface area contributed by atoms with E-state index in [4.69, 9.17) is 10.00 Å². The van der Waals surface area contributed by atoms with Crippen molar-refractivity contribution >= 4 is 12.0 Å². The summed E-state index contributed by atoms with van der Waals surface area (Å²) in [5.41, 5.74) is 1.94. The molecule has 1 aliphatic carbocycles. The van der Waals surface area contributed by atoms with E-state index in [-0.39, 0.29) is 23.6 Å². The van der Waals surface area contributed by atoms with Crippen LogP contribution in [0.4, 0.5) is 4.79 Å². The van der Waals surface area contributed by atoms with Gasteiger partial charge >= 0.3 is 6.09 Å². The van der Waals surface area contributed by atoms with Crippen LogP contribution in [0.2, 0.25) is 0 Å². The Morgan fingerprint density at radius 3 is 2.51 bits per heavy atom.